The molecule has 122 valence electrons. The van der Waals surface area contributed by atoms with Crippen molar-refractivity contribution in [3.05, 3.63) is 29.6 Å². The van der Waals surface area contributed by atoms with Crippen molar-refractivity contribution in [2.75, 3.05) is 13.1 Å². The van der Waals surface area contributed by atoms with E-state index in [0.29, 0.717) is 25.8 Å². The smallest absolute Gasteiger partial charge is 0.280 e. The van der Waals surface area contributed by atoms with Crippen LogP contribution in [0.5, 0.6) is 0 Å². The highest BCUT2D eigenvalue weighted by molar-refractivity contribution is 6.21. The van der Waals surface area contributed by atoms with E-state index in [1.54, 1.807) is 6.07 Å². The summed E-state index contributed by atoms with van der Waals surface area (Å²) in [5.74, 6) is 1.06. The van der Waals surface area contributed by atoms with Crippen LogP contribution >= 0.6 is 0 Å². The molecule has 2 aliphatic rings. The lowest BCUT2D eigenvalue weighted by Crippen LogP contribution is -2.41. The number of rotatable bonds is 7. The average molecular weight is 325 g/mol. The van der Waals surface area contributed by atoms with Gasteiger partial charge in [0.05, 0.1) is 5.56 Å². The maximum Gasteiger partial charge on any atom is 0.280 e. The number of aromatic nitrogens is 1. The summed E-state index contributed by atoms with van der Waals surface area (Å²) in [4.78, 5) is 41.0. The third kappa shape index (κ3) is 3.01. The molecule has 0 radical (unpaired) electrons. The van der Waals surface area contributed by atoms with Crippen molar-refractivity contribution in [3.8, 4) is 12.3 Å². The van der Waals surface area contributed by atoms with Gasteiger partial charge < -0.3 is 5.32 Å². The largest absolute Gasteiger partial charge is 0.354 e. The van der Waals surface area contributed by atoms with Crippen LogP contribution in [0, 0.1) is 12.3 Å². The number of nitrogens with zero attached hydrogens (tertiary/aromatic N) is 4. The molecule has 0 unspecified atom stereocenters. The van der Waals surface area contributed by atoms with Crippen molar-refractivity contribution < 1.29 is 14.4 Å². The number of fused-ring (bicyclic) bond motifs is 1. The highest BCUT2D eigenvalue weighted by Gasteiger charge is 2.39. The zero-order chi connectivity index (χ0) is 17.2. The molecule has 1 aromatic rings. The van der Waals surface area contributed by atoms with Crippen LogP contribution in [-0.2, 0) is 4.79 Å². The Morgan fingerprint density at radius 2 is 2.08 bits per heavy atom. The van der Waals surface area contributed by atoms with Crippen molar-refractivity contribution >= 4 is 17.7 Å². The fourth-order valence-corrected chi connectivity index (χ4v) is 2.53. The Bertz CT molecular complexity index is 739. The van der Waals surface area contributed by atoms with Gasteiger partial charge in [0.1, 0.15) is 12.2 Å². The van der Waals surface area contributed by atoms with Crippen molar-refractivity contribution in [2.24, 2.45) is 10.2 Å². The van der Waals surface area contributed by atoms with E-state index in [2.05, 4.69) is 26.4 Å². The second-order valence-electron chi connectivity index (χ2n) is 5.58. The Labute approximate surface area is 138 Å². The molecule has 0 atom stereocenters. The van der Waals surface area contributed by atoms with Crippen LogP contribution in [0.15, 0.2) is 28.6 Å². The van der Waals surface area contributed by atoms with Crippen molar-refractivity contribution in [2.45, 2.75) is 24.9 Å². The Kier molecular flexibility index (Phi) is 4.08. The first-order chi connectivity index (χ1) is 11.6. The molecule has 0 saturated heterocycles. The first-order valence-corrected chi connectivity index (χ1v) is 7.52. The number of terminal acetylenes is 1. The van der Waals surface area contributed by atoms with Gasteiger partial charge in [-0.3, -0.25) is 24.3 Å². The minimum absolute atomic E-state index is 0.0825. The Hall–Kier alpha value is -3.08. The van der Waals surface area contributed by atoms with Crippen LogP contribution in [0.4, 0.5) is 0 Å². The number of hydrogen-bond donors (Lipinski definition) is 1. The summed E-state index contributed by atoms with van der Waals surface area (Å²) in [6.45, 7) is 0.0114. The number of carbonyl (C=O) groups excluding carboxylic acids is 3. The molecule has 0 aliphatic carbocycles. The molecule has 24 heavy (non-hydrogen) atoms. The Morgan fingerprint density at radius 3 is 2.75 bits per heavy atom. The van der Waals surface area contributed by atoms with Crippen molar-refractivity contribution in [1.29, 1.82) is 0 Å². The summed E-state index contributed by atoms with van der Waals surface area (Å²) >= 11 is 0. The number of imide groups is 1. The number of pyridine rings is 1. The zero-order valence-electron chi connectivity index (χ0n) is 12.9. The number of carbonyl (C=O) groups is 3. The minimum Gasteiger partial charge on any atom is -0.354 e. The fourth-order valence-electron chi connectivity index (χ4n) is 2.53. The van der Waals surface area contributed by atoms with Gasteiger partial charge in [-0.2, -0.15) is 10.2 Å². The molecule has 0 fully saturated rings. The summed E-state index contributed by atoms with van der Waals surface area (Å²) in [6, 6.07) is 3.09. The minimum atomic E-state index is -0.552. The van der Waals surface area contributed by atoms with Crippen LogP contribution < -0.4 is 5.32 Å². The summed E-state index contributed by atoms with van der Waals surface area (Å²) in [6.07, 6.45) is 8.43. The maximum atomic E-state index is 12.1. The van der Waals surface area contributed by atoms with Gasteiger partial charge in [-0.05, 0) is 12.1 Å². The molecule has 8 nitrogen and oxygen atoms in total. The van der Waals surface area contributed by atoms with E-state index in [1.807, 2.05) is 0 Å². The van der Waals surface area contributed by atoms with E-state index in [9.17, 15) is 14.4 Å². The molecule has 3 amide bonds. The van der Waals surface area contributed by atoms with Crippen molar-refractivity contribution in [1.82, 2.24) is 15.2 Å². The first-order valence-electron chi connectivity index (χ1n) is 7.52. The molecule has 2 aliphatic heterocycles. The van der Waals surface area contributed by atoms with E-state index in [-0.39, 0.29) is 17.8 Å². The van der Waals surface area contributed by atoms with Crippen molar-refractivity contribution in [3.63, 3.8) is 0 Å². The SMILES string of the molecule is C#CCCC1(CCNC(=O)CN2C(=O)c3cccnc3C2=O)N=N1. The van der Waals surface area contributed by atoms with Gasteiger partial charge in [0.2, 0.25) is 5.91 Å². The van der Waals surface area contributed by atoms with Gasteiger partial charge in [0.25, 0.3) is 11.8 Å². The van der Waals surface area contributed by atoms with Gasteiger partial charge in [0.15, 0.2) is 5.66 Å². The molecule has 8 heteroatoms. The summed E-state index contributed by atoms with van der Waals surface area (Å²) < 4.78 is 0. The number of amides is 3. The van der Waals surface area contributed by atoms with E-state index in [4.69, 9.17) is 6.42 Å². The normalized spacial score (nSPS) is 16.7. The summed E-state index contributed by atoms with van der Waals surface area (Å²) in [7, 11) is 0. The molecule has 0 aromatic carbocycles. The second-order valence-corrected chi connectivity index (χ2v) is 5.58. The van der Waals surface area contributed by atoms with Gasteiger partial charge in [-0.15, -0.1) is 12.3 Å². The van der Waals surface area contributed by atoms with Gasteiger partial charge in [-0.25, -0.2) is 0 Å². The Morgan fingerprint density at radius 1 is 1.29 bits per heavy atom. The molecule has 1 aromatic heterocycles. The second kappa shape index (κ2) is 6.20. The van der Waals surface area contributed by atoms with Crippen LogP contribution in [0.2, 0.25) is 0 Å². The van der Waals surface area contributed by atoms with E-state index in [1.165, 1.54) is 12.3 Å². The standard InChI is InChI=1S/C16H15N5O3/c1-2-3-6-16(19-20-16)7-9-17-12(22)10-21-14(23)11-5-4-8-18-13(11)15(21)24/h1,4-5,8H,3,6-7,9-10H2,(H,17,22). The van der Waals surface area contributed by atoms with Crippen LogP contribution in [0.25, 0.3) is 0 Å². The molecular weight excluding hydrogens is 310 g/mol. The third-order valence-electron chi connectivity index (χ3n) is 3.93. The molecule has 0 spiro atoms. The van der Waals surface area contributed by atoms with Crippen LogP contribution in [0.3, 0.4) is 0 Å². The predicted octanol–water partition coefficient (Wildman–Crippen LogP) is 0.759. The fraction of sp³-hybridized carbons (Fsp3) is 0.375. The lowest BCUT2D eigenvalue weighted by atomic mass is 10.0. The van der Waals surface area contributed by atoms with E-state index >= 15 is 0 Å². The average Bonchev–Trinajstić information content (AvgIpc) is 3.32. The predicted molar refractivity (Wildman–Crippen MR) is 82.9 cm³/mol. The Balaban J connectivity index is 1.49. The molecule has 0 bridgehead atoms. The summed E-state index contributed by atoms with van der Waals surface area (Å²) in [5, 5.41) is 10.6. The van der Waals surface area contributed by atoms with E-state index < -0.39 is 23.4 Å². The topological polar surface area (TPSA) is 104 Å². The summed E-state index contributed by atoms with van der Waals surface area (Å²) in [5.41, 5.74) is -0.169. The number of hydrogen-bond acceptors (Lipinski definition) is 6. The molecule has 3 heterocycles. The van der Waals surface area contributed by atoms with Gasteiger partial charge in [-0.1, -0.05) is 0 Å². The lowest BCUT2D eigenvalue weighted by molar-refractivity contribution is -0.121. The first kappa shape index (κ1) is 15.8. The van der Waals surface area contributed by atoms with Gasteiger partial charge >= 0.3 is 0 Å². The maximum absolute atomic E-state index is 12.1. The molecular formula is C16H15N5O3. The van der Waals surface area contributed by atoms with Gasteiger partial charge in [0, 0.05) is 32.0 Å². The molecule has 0 saturated carbocycles. The highest BCUT2D eigenvalue weighted by Crippen LogP contribution is 2.36. The van der Waals surface area contributed by atoms with Crippen LogP contribution in [0.1, 0.15) is 40.1 Å². The molecule has 1 N–H and O–H groups in total. The number of nitrogens with one attached hydrogen (secondary N) is 1. The highest BCUT2D eigenvalue weighted by atomic mass is 16.2. The molecule has 3 rings (SSSR count). The van der Waals surface area contributed by atoms with E-state index in [0.717, 1.165) is 4.90 Å². The quantitative estimate of drug-likeness (QED) is 0.590. The monoisotopic (exact) mass is 325 g/mol. The zero-order valence-corrected chi connectivity index (χ0v) is 12.9. The lowest BCUT2D eigenvalue weighted by Gasteiger charge is -2.14. The van der Waals surface area contributed by atoms with Crippen LogP contribution in [-0.4, -0.2) is 46.4 Å². The third-order valence-corrected chi connectivity index (χ3v) is 3.93.